The predicted octanol–water partition coefficient (Wildman–Crippen LogP) is 2.56. The van der Waals surface area contributed by atoms with Crippen molar-refractivity contribution in [2.75, 3.05) is 40.0 Å². The van der Waals surface area contributed by atoms with Crippen LogP contribution in [-0.4, -0.2) is 73.7 Å². The van der Waals surface area contributed by atoms with E-state index in [1.165, 1.54) is 5.56 Å². The van der Waals surface area contributed by atoms with Gasteiger partial charge in [-0.15, -0.1) is 0 Å². The number of aryl methyl sites for hydroxylation is 2. The number of hydrogen-bond acceptors (Lipinski definition) is 4. The minimum Gasteiger partial charge on any atom is -0.381 e. The van der Waals surface area contributed by atoms with Gasteiger partial charge >= 0.3 is 0 Å². The van der Waals surface area contributed by atoms with E-state index in [2.05, 4.69) is 6.92 Å². The van der Waals surface area contributed by atoms with Crippen LogP contribution in [-0.2, 0) is 14.3 Å². The number of hydrogen-bond donors (Lipinski definition) is 0. The van der Waals surface area contributed by atoms with E-state index in [-0.39, 0.29) is 30.5 Å². The summed E-state index contributed by atoms with van der Waals surface area (Å²) in [6, 6.07) is 6.26. The molecule has 0 N–H and O–H groups in total. The predicted molar refractivity (Wildman–Crippen MR) is 107 cm³/mol. The number of piperidine rings is 1. The monoisotopic (exact) mass is 388 g/mol. The SMILES string of the molecule is COCC(=O)N(C1CCOCC1)C1CCN(C(=O)c2ccc(C)c(C)c2)CC1. The van der Waals surface area contributed by atoms with E-state index in [1.54, 1.807) is 7.11 Å². The Kier molecular flexibility index (Phi) is 7.08. The number of amides is 2. The summed E-state index contributed by atoms with van der Waals surface area (Å²) in [5, 5.41) is 0. The lowest BCUT2D eigenvalue weighted by molar-refractivity contribution is -0.143. The fourth-order valence-corrected chi connectivity index (χ4v) is 4.27. The highest BCUT2D eigenvalue weighted by molar-refractivity contribution is 5.94. The Morgan fingerprint density at radius 2 is 1.71 bits per heavy atom. The Labute approximate surface area is 167 Å². The van der Waals surface area contributed by atoms with Crippen LogP contribution in [0, 0.1) is 13.8 Å². The molecule has 6 heteroatoms. The maximum Gasteiger partial charge on any atom is 0.253 e. The molecule has 0 radical (unpaired) electrons. The normalized spacial score (nSPS) is 18.9. The molecule has 0 bridgehead atoms. The van der Waals surface area contributed by atoms with Crippen molar-refractivity contribution in [2.24, 2.45) is 0 Å². The number of nitrogens with zero attached hydrogens (tertiary/aromatic N) is 2. The number of rotatable bonds is 5. The van der Waals surface area contributed by atoms with Crippen LogP contribution in [0.4, 0.5) is 0 Å². The van der Waals surface area contributed by atoms with Gasteiger partial charge in [-0.05, 0) is 62.8 Å². The molecular formula is C22H32N2O4. The van der Waals surface area contributed by atoms with E-state index in [0.717, 1.165) is 36.8 Å². The molecule has 28 heavy (non-hydrogen) atoms. The zero-order valence-corrected chi connectivity index (χ0v) is 17.3. The lowest BCUT2D eigenvalue weighted by atomic mass is 9.97. The minimum absolute atomic E-state index is 0.0494. The Morgan fingerprint density at radius 1 is 1.07 bits per heavy atom. The van der Waals surface area contributed by atoms with Crippen LogP contribution in [0.25, 0.3) is 0 Å². The Balaban J connectivity index is 1.65. The maximum absolute atomic E-state index is 12.9. The molecule has 0 saturated carbocycles. The number of carbonyl (C=O) groups is 2. The van der Waals surface area contributed by atoms with Crippen LogP contribution in [0.3, 0.4) is 0 Å². The molecule has 3 rings (SSSR count). The van der Waals surface area contributed by atoms with Gasteiger partial charge in [0.2, 0.25) is 5.91 Å². The first-order valence-electron chi connectivity index (χ1n) is 10.3. The Hall–Kier alpha value is -1.92. The zero-order chi connectivity index (χ0) is 20.1. The van der Waals surface area contributed by atoms with E-state index in [9.17, 15) is 9.59 Å². The molecule has 2 fully saturated rings. The molecule has 0 spiro atoms. The van der Waals surface area contributed by atoms with E-state index >= 15 is 0 Å². The summed E-state index contributed by atoms with van der Waals surface area (Å²) in [6.07, 6.45) is 3.36. The first-order chi connectivity index (χ1) is 13.5. The average Bonchev–Trinajstić information content (AvgIpc) is 2.71. The van der Waals surface area contributed by atoms with Gasteiger partial charge in [0, 0.05) is 51.1 Å². The van der Waals surface area contributed by atoms with E-state index in [1.807, 2.05) is 34.9 Å². The van der Waals surface area contributed by atoms with Gasteiger partial charge in [-0.1, -0.05) is 6.07 Å². The third-order valence-corrected chi connectivity index (χ3v) is 6.04. The van der Waals surface area contributed by atoms with Crippen LogP contribution in [0.15, 0.2) is 18.2 Å². The fourth-order valence-electron chi connectivity index (χ4n) is 4.27. The molecule has 154 valence electrons. The average molecular weight is 389 g/mol. The van der Waals surface area contributed by atoms with E-state index < -0.39 is 0 Å². The number of carbonyl (C=O) groups excluding carboxylic acids is 2. The number of methoxy groups -OCH3 is 1. The number of benzene rings is 1. The molecule has 2 aliphatic rings. The van der Waals surface area contributed by atoms with Crippen molar-refractivity contribution in [1.82, 2.24) is 9.80 Å². The third kappa shape index (κ3) is 4.73. The Morgan fingerprint density at radius 3 is 2.32 bits per heavy atom. The molecule has 2 saturated heterocycles. The van der Waals surface area contributed by atoms with Gasteiger partial charge in [-0.3, -0.25) is 9.59 Å². The summed E-state index contributed by atoms with van der Waals surface area (Å²) < 4.78 is 10.6. The second-order valence-electron chi connectivity index (χ2n) is 7.90. The largest absolute Gasteiger partial charge is 0.381 e. The van der Waals surface area contributed by atoms with E-state index in [4.69, 9.17) is 9.47 Å². The number of likely N-dealkylation sites (tertiary alicyclic amines) is 1. The third-order valence-electron chi connectivity index (χ3n) is 6.04. The molecule has 2 amide bonds. The molecule has 0 aliphatic carbocycles. The molecule has 1 aromatic rings. The standard InChI is InChI=1S/C22H32N2O4/c1-16-4-5-18(14-17(16)2)22(26)23-10-6-19(7-11-23)24(21(25)15-27-3)20-8-12-28-13-9-20/h4-5,14,19-20H,6-13,15H2,1-3H3. The summed E-state index contributed by atoms with van der Waals surface area (Å²) in [6.45, 7) is 6.95. The van der Waals surface area contributed by atoms with Gasteiger partial charge in [0.15, 0.2) is 0 Å². The first kappa shape index (κ1) is 20.8. The maximum atomic E-state index is 12.9. The summed E-state index contributed by atoms with van der Waals surface area (Å²) in [7, 11) is 1.56. The second-order valence-corrected chi connectivity index (χ2v) is 7.90. The van der Waals surface area contributed by atoms with Crippen LogP contribution in [0.2, 0.25) is 0 Å². The Bertz CT molecular complexity index is 692. The van der Waals surface area contributed by atoms with Crippen molar-refractivity contribution in [3.05, 3.63) is 34.9 Å². The smallest absolute Gasteiger partial charge is 0.253 e. The summed E-state index contributed by atoms with van der Waals surface area (Å²) >= 11 is 0. The van der Waals surface area contributed by atoms with Gasteiger partial charge in [-0.2, -0.15) is 0 Å². The van der Waals surface area contributed by atoms with Crippen molar-refractivity contribution in [3.8, 4) is 0 Å². The first-order valence-corrected chi connectivity index (χ1v) is 10.3. The van der Waals surface area contributed by atoms with Crippen LogP contribution in [0.5, 0.6) is 0 Å². The highest BCUT2D eigenvalue weighted by atomic mass is 16.5. The van der Waals surface area contributed by atoms with Crippen LogP contribution in [0.1, 0.15) is 47.2 Å². The zero-order valence-electron chi connectivity index (χ0n) is 17.3. The van der Waals surface area contributed by atoms with Crippen molar-refractivity contribution < 1.29 is 19.1 Å². The summed E-state index contributed by atoms with van der Waals surface area (Å²) in [4.78, 5) is 29.6. The van der Waals surface area contributed by atoms with Gasteiger partial charge in [-0.25, -0.2) is 0 Å². The van der Waals surface area contributed by atoms with E-state index in [0.29, 0.717) is 26.3 Å². The molecular weight excluding hydrogens is 356 g/mol. The van der Waals surface area contributed by atoms with Crippen molar-refractivity contribution in [1.29, 1.82) is 0 Å². The van der Waals surface area contributed by atoms with Gasteiger partial charge in [0.1, 0.15) is 6.61 Å². The fraction of sp³-hybridized carbons (Fsp3) is 0.636. The minimum atomic E-state index is 0.0494. The molecule has 2 heterocycles. The highest BCUT2D eigenvalue weighted by Crippen LogP contribution is 2.25. The molecule has 6 nitrogen and oxygen atoms in total. The second kappa shape index (κ2) is 9.52. The highest BCUT2D eigenvalue weighted by Gasteiger charge is 2.34. The number of ether oxygens (including phenoxy) is 2. The quantitative estimate of drug-likeness (QED) is 0.778. The van der Waals surface area contributed by atoms with Gasteiger partial charge < -0.3 is 19.3 Å². The lowest BCUT2D eigenvalue weighted by Crippen LogP contribution is -2.54. The van der Waals surface area contributed by atoms with Crippen molar-refractivity contribution >= 4 is 11.8 Å². The topological polar surface area (TPSA) is 59.1 Å². The molecule has 0 atom stereocenters. The molecule has 1 aromatic carbocycles. The van der Waals surface area contributed by atoms with Gasteiger partial charge in [0.25, 0.3) is 5.91 Å². The summed E-state index contributed by atoms with van der Waals surface area (Å²) in [5.41, 5.74) is 3.08. The molecule has 2 aliphatic heterocycles. The van der Waals surface area contributed by atoms with Crippen LogP contribution < -0.4 is 0 Å². The van der Waals surface area contributed by atoms with Gasteiger partial charge in [0.05, 0.1) is 0 Å². The lowest BCUT2D eigenvalue weighted by Gasteiger charge is -2.43. The van der Waals surface area contributed by atoms with Crippen molar-refractivity contribution in [2.45, 2.75) is 51.6 Å². The molecule has 0 unspecified atom stereocenters. The summed E-state index contributed by atoms with van der Waals surface area (Å²) in [5.74, 6) is 0.135. The molecule has 0 aromatic heterocycles. The van der Waals surface area contributed by atoms with Crippen LogP contribution >= 0.6 is 0 Å². The van der Waals surface area contributed by atoms with Crippen molar-refractivity contribution in [3.63, 3.8) is 0 Å².